The van der Waals surface area contributed by atoms with E-state index in [1.54, 1.807) is 0 Å². The zero-order valence-electron chi connectivity index (χ0n) is 8.51. The molecule has 0 aromatic heterocycles. The van der Waals surface area contributed by atoms with Crippen molar-refractivity contribution >= 4 is 27.8 Å². The minimum absolute atomic E-state index is 0.0302. The van der Waals surface area contributed by atoms with Crippen molar-refractivity contribution in [3.05, 3.63) is 0 Å². The van der Waals surface area contributed by atoms with Crippen molar-refractivity contribution < 1.29 is 14.3 Å². The van der Waals surface area contributed by atoms with Crippen LogP contribution in [0.2, 0.25) is 0 Å². The molecule has 0 bridgehead atoms. The van der Waals surface area contributed by atoms with Gasteiger partial charge in [0.25, 0.3) is 0 Å². The SMILES string of the molecule is CCC(Br)C(=O)NCCCC(=O)OC. The number of hydrogen-bond donors (Lipinski definition) is 1. The third kappa shape index (κ3) is 5.96. The van der Waals surface area contributed by atoms with Crippen molar-refractivity contribution in [2.45, 2.75) is 31.0 Å². The smallest absolute Gasteiger partial charge is 0.305 e. The molecule has 14 heavy (non-hydrogen) atoms. The topological polar surface area (TPSA) is 55.4 Å². The summed E-state index contributed by atoms with van der Waals surface area (Å²) in [6, 6.07) is 0. The van der Waals surface area contributed by atoms with Crippen LogP contribution in [0.1, 0.15) is 26.2 Å². The predicted molar refractivity (Wildman–Crippen MR) is 57.3 cm³/mol. The lowest BCUT2D eigenvalue weighted by Crippen LogP contribution is -2.31. The van der Waals surface area contributed by atoms with E-state index in [0.29, 0.717) is 19.4 Å². The molecule has 5 heteroatoms. The van der Waals surface area contributed by atoms with Crippen LogP contribution in [0.5, 0.6) is 0 Å². The summed E-state index contributed by atoms with van der Waals surface area (Å²) in [5.41, 5.74) is 0. The molecule has 0 radical (unpaired) electrons. The van der Waals surface area contributed by atoms with Gasteiger partial charge in [-0.3, -0.25) is 9.59 Å². The minimum Gasteiger partial charge on any atom is -0.469 e. The van der Waals surface area contributed by atoms with Crippen LogP contribution in [-0.2, 0) is 14.3 Å². The Kier molecular flexibility index (Phi) is 7.47. The quantitative estimate of drug-likeness (QED) is 0.447. The number of halogens is 1. The van der Waals surface area contributed by atoms with Crippen LogP contribution >= 0.6 is 15.9 Å². The molecular formula is C9H16BrNO3. The molecule has 0 aromatic rings. The Bertz CT molecular complexity index is 196. The number of alkyl halides is 1. The maximum absolute atomic E-state index is 11.2. The average molecular weight is 266 g/mol. The van der Waals surface area contributed by atoms with Crippen LogP contribution in [0.4, 0.5) is 0 Å². The summed E-state index contributed by atoms with van der Waals surface area (Å²) in [6.07, 6.45) is 1.71. The van der Waals surface area contributed by atoms with Gasteiger partial charge in [-0.1, -0.05) is 22.9 Å². The van der Waals surface area contributed by atoms with Crippen LogP contribution in [0.25, 0.3) is 0 Å². The molecule has 0 fully saturated rings. The first-order chi connectivity index (χ1) is 6.61. The maximum atomic E-state index is 11.2. The van der Waals surface area contributed by atoms with Crippen molar-refractivity contribution in [2.75, 3.05) is 13.7 Å². The fourth-order valence-corrected chi connectivity index (χ4v) is 1.00. The molecule has 1 N–H and O–H groups in total. The normalized spacial score (nSPS) is 11.9. The van der Waals surface area contributed by atoms with E-state index in [1.807, 2.05) is 6.92 Å². The van der Waals surface area contributed by atoms with Gasteiger partial charge >= 0.3 is 5.97 Å². The molecule has 1 amide bonds. The molecule has 0 aliphatic carbocycles. The highest BCUT2D eigenvalue weighted by Gasteiger charge is 2.11. The Hall–Kier alpha value is -0.580. The molecule has 0 saturated heterocycles. The molecule has 0 saturated carbocycles. The second-order valence-electron chi connectivity index (χ2n) is 2.85. The predicted octanol–water partition coefficient (Wildman–Crippen LogP) is 1.23. The third-order valence-corrected chi connectivity index (χ3v) is 2.79. The highest BCUT2D eigenvalue weighted by Crippen LogP contribution is 2.03. The number of nitrogens with one attached hydrogen (secondary N) is 1. The Morgan fingerprint density at radius 2 is 2.14 bits per heavy atom. The van der Waals surface area contributed by atoms with Gasteiger partial charge in [-0.25, -0.2) is 0 Å². The maximum Gasteiger partial charge on any atom is 0.305 e. The lowest BCUT2D eigenvalue weighted by Gasteiger charge is -2.07. The monoisotopic (exact) mass is 265 g/mol. The highest BCUT2D eigenvalue weighted by molar-refractivity contribution is 9.10. The summed E-state index contributed by atoms with van der Waals surface area (Å²) in [6.45, 7) is 2.43. The summed E-state index contributed by atoms with van der Waals surface area (Å²) >= 11 is 3.23. The van der Waals surface area contributed by atoms with Crippen LogP contribution < -0.4 is 5.32 Å². The summed E-state index contributed by atoms with van der Waals surface area (Å²) in [7, 11) is 1.35. The van der Waals surface area contributed by atoms with Gasteiger partial charge in [0.05, 0.1) is 11.9 Å². The lowest BCUT2D eigenvalue weighted by molar-refractivity contribution is -0.140. The standard InChI is InChI=1S/C9H16BrNO3/c1-3-7(10)9(13)11-6-4-5-8(12)14-2/h7H,3-6H2,1-2H3,(H,11,13). The van der Waals surface area contributed by atoms with E-state index in [4.69, 9.17) is 0 Å². The molecule has 0 heterocycles. The Labute approximate surface area is 92.5 Å². The first kappa shape index (κ1) is 13.4. The number of amides is 1. The minimum atomic E-state index is -0.245. The van der Waals surface area contributed by atoms with E-state index in [9.17, 15) is 9.59 Å². The fraction of sp³-hybridized carbons (Fsp3) is 0.778. The number of carbonyl (C=O) groups excluding carboxylic acids is 2. The van der Waals surface area contributed by atoms with Crippen molar-refractivity contribution in [3.63, 3.8) is 0 Å². The first-order valence-electron chi connectivity index (χ1n) is 4.60. The molecule has 0 spiro atoms. The summed E-state index contributed by atoms with van der Waals surface area (Å²) < 4.78 is 4.46. The van der Waals surface area contributed by atoms with Gasteiger partial charge in [-0.05, 0) is 12.8 Å². The number of rotatable bonds is 6. The van der Waals surface area contributed by atoms with Gasteiger partial charge in [0.2, 0.25) is 5.91 Å². The molecular weight excluding hydrogens is 250 g/mol. The Balaban J connectivity index is 3.45. The van der Waals surface area contributed by atoms with Crippen molar-refractivity contribution in [3.8, 4) is 0 Å². The third-order valence-electron chi connectivity index (χ3n) is 1.73. The van der Waals surface area contributed by atoms with Gasteiger partial charge in [0, 0.05) is 13.0 Å². The molecule has 0 rings (SSSR count). The number of esters is 1. The van der Waals surface area contributed by atoms with Crippen molar-refractivity contribution in [1.29, 1.82) is 0 Å². The van der Waals surface area contributed by atoms with E-state index in [0.717, 1.165) is 6.42 Å². The van der Waals surface area contributed by atoms with E-state index in [-0.39, 0.29) is 16.7 Å². The molecule has 1 atom stereocenters. The highest BCUT2D eigenvalue weighted by atomic mass is 79.9. The molecule has 1 unspecified atom stereocenters. The number of ether oxygens (including phenoxy) is 1. The van der Waals surface area contributed by atoms with Crippen LogP contribution in [0.3, 0.4) is 0 Å². The van der Waals surface area contributed by atoms with Crippen LogP contribution in [0.15, 0.2) is 0 Å². The van der Waals surface area contributed by atoms with Crippen molar-refractivity contribution in [2.24, 2.45) is 0 Å². The second kappa shape index (κ2) is 7.79. The van der Waals surface area contributed by atoms with Gasteiger partial charge in [0.15, 0.2) is 0 Å². The van der Waals surface area contributed by atoms with Gasteiger partial charge < -0.3 is 10.1 Å². The molecule has 82 valence electrons. The fourth-order valence-electron chi connectivity index (χ4n) is 0.843. The molecule has 4 nitrogen and oxygen atoms in total. The van der Waals surface area contributed by atoms with E-state index in [2.05, 4.69) is 26.0 Å². The summed E-state index contributed by atoms with van der Waals surface area (Å²) in [5, 5.41) is 2.72. The van der Waals surface area contributed by atoms with Crippen LogP contribution in [0, 0.1) is 0 Å². The Morgan fingerprint density at radius 1 is 1.50 bits per heavy atom. The van der Waals surface area contributed by atoms with Crippen molar-refractivity contribution in [1.82, 2.24) is 5.32 Å². The number of carbonyl (C=O) groups is 2. The van der Waals surface area contributed by atoms with E-state index < -0.39 is 0 Å². The Morgan fingerprint density at radius 3 is 2.64 bits per heavy atom. The van der Waals surface area contributed by atoms with Crippen LogP contribution in [-0.4, -0.2) is 30.4 Å². The number of methoxy groups -OCH3 is 1. The second-order valence-corrected chi connectivity index (χ2v) is 3.95. The van der Waals surface area contributed by atoms with Gasteiger partial charge in [-0.15, -0.1) is 0 Å². The molecule has 0 aliphatic rings. The molecule has 0 aliphatic heterocycles. The lowest BCUT2D eigenvalue weighted by atomic mass is 10.3. The average Bonchev–Trinajstić information content (AvgIpc) is 2.22. The van der Waals surface area contributed by atoms with Gasteiger partial charge in [-0.2, -0.15) is 0 Å². The summed E-state index contributed by atoms with van der Waals surface area (Å²) in [4.78, 5) is 21.8. The zero-order valence-corrected chi connectivity index (χ0v) is 10.1. The van der Waals surface area contributed by atoms with E-state index >= 15 is 0 Å². The first-order valence-corrected chi connectivity index (χ1v) is 5.52. The largest absolute Gasteiger partial charge is 0.469 e. The van der Waals surface area contributed by atoms with Gasteiger partial charge in [0.1, 0.15) is 0 Å². The summed E-state index contributed by atoms with van der Waals surface area (Å²) in [5.74, 6) is -0.275. The molecule has 0 aromatic carbocycles. The van der Waals surface area contributed by atoms with E-state index in [1.165, 1.54) is 7.11 Å². The number of hydrogen-bond acceptors (Lipinski definition) is 3. The zero-order chi connectivity index (χ0) is 11.0.